The molecule has 53 heavy (non-hydrogen) atoms. The SMILES string of the molecule is Cc1cc2c3c(c1)-n1c4oc5ccccc5c4c4cccc(c41)B3c1cc3c(cc1N2c1ccc2c(c1)C(C)(C)CCC2(C)C)C(C)(C)CCC3(C)C. The van der Waals surface area contributed by atoms with E-state index in [0.717, 1.165) is 11.3 Å². The number of rotatable bonds is 1. The Morgan fingerprint density at radius 1 is 0.566 bits per heavy atom. The second kappa shape index (κ2) is 9.88. The van der Waals surface area contributed by atoms with Crippen LogP contribution in [-0.2, 0) is 21.7 Å². The minimum absolute atomic E-state index is 0.0955. The van der Waals surface area contributed by atoms with Gasteiger partial charge in [-0.2, -0.15) is 0 Å². The van der Waals surface area contributed by atoms with Crippen molar-refractivity contribution in [1.29, 1.82) is 0 Å². The van der Waals surface area contributed by atoms with Crippen molar-refractivity contribution in [3.05, 3.63) is 113 Å². The monoisotopic (exact) mass is 692 g/mol. The molecule has 2 aromatic heterocycles. The highest BCUT2D eigenvalue weighted by Crippen LogP contribution is 2.52. The molecule has 11 rings (SSSR count). The molecule has 2 aliphatic carbocycles. The Labute approximate surface area is 314 Å². The Morgan fingerprint density at radius 3 is 1.92 bits per heavy atom. The number of para-hydroxylation sites is 2. The highest BCUT2D eigenvalue weighted by atomic mass is 16.3. The zero-order valence-electron chi connectivity index (χ0n) is 32.8. The van der Waals surface area contributed by atoms with E-state index in [4.69, 9.17) is 4.42 Å². The third kappa shape index (κ3) is 4.03. The van der Waals surface area contributed by atoms with E-state index >= 15 is 0 Å². The van der Waals surface area contributed by atoms with Crippen LogP contribution in [-0.4, -0.2) is 11.3 Å². The third-order valence-corrected chi connectivity index (χ3v) is 14.3. The highest BCUT2D eigenvalue weighted by molar-refractivity contribution is 7.00. The van der Waals surface area contributed by atoms with Crippen LogP contribution in [0.1, 0.15) is 109 Å². The number of aryl methyl sites for hydroxylation is 1. The maximum Gasteiger partial charge on any atom is 0.252 e. The van der Waals surface area contributed by atoms with Crippen molar-refractivity contribution in [2.45, 2.75) is 110 Å². The van der Waals surface area contributed by atoms with Crippen molar-refractivity contribution in [2.75, 3.05) is 4.90 Å². The summed E-state index contributed by atoms with van der Waals surface area (Å²) in [4.78, 5) is 2.65. The van der Waals surface area contributed by atoms with Gasteiger partial charge in [-0.25, -0.2) is 0 Å². The molecule has 0 radical (unpaired) electrons. The van der Waals surface area contributed by atoms with Crippen molar-refractivity contribution in [2.24, 2.45) is 0 Å². The summed E-state index contributed by atoms with van der Waals surface area (Å²) in [5.41, 5.74) is 20.2. The smallest absolute Gasteiger partial charge is 0.252 e. The first-order valence-corrected chi connectivity index (χ1v) is 19.9. The number of fused-ring (bicyclic) bond motifs is 11. The summed E-state index contributed by atoms with van der Waals surface area (Å²) < 4.78 is 9.30. The maximum absolute atomic E-state index is 6.83. The van der Waals surface area contributed by atoms with Crippen LogP contribution in [0.5, 0.6) is 0 Å². The average Bonchev–Trinajstić information content (AvgIpc) is 3.65. The predicted octanol–water partition coefficient (Wildman–Crippen LogP) is 11.1. The Morgan fingerprint density at radius 2 is 1.19 bits per heavy atom. The number of hydrogen-bond donors (Lipinski definition) is 0. The lowest BCUT2D eigenvalue weighted by Gasteiger charge is -2.46. The van der Waals surface area contributed by atoms with Crippen LogP contribution in [0.25, 0.3) is 38.7 Å². The van der Waals surface area contributed by atoms with E-state index < -0.39 is 0 Å². The van der Waals surface area contributed by atoms with E-state index in [1.807, 2.05) is 0 Å². The van der Waals surface area contributed by atoms with Gasteiger partial charge in [0.25, 0.3) is 6.71 Å². The molecule has 5 aromatic carbocycles. The molecule has 4 heterocycles. The van der Waals surface area contributed by atoms with Gasteiger partial charge in [0, 0.05) is 33.5 Å². The van der Waals surface area contributed by atoms with Gasteiger partial charge in [-0.3, -0.25) is 4.57 Å². The molecule has 0 amide bonds. The number of benzene rings is 5. The van der Waals surface area contributed by atoms with Crippen molar-refractivity contribution < 1.29 is 4.42 Å². The van der Waals surface area contributed by atoms with Gasteiger partial charge >= 0.3 is 0 Å². The minimum atomic E-state index is 0.0955. The van der Waals surface area contributed by atoms with E-state index in [2.05, 4.69) is 157 Å². The number of hydrogen-bond acceptors (Lipinski definition) is 2. The molecule has 2 aliphatic heterocycles. The van der Waals surface area contributed by atoms with Crippen molar-refractivity contribution in [3.8, 4) is 5.69 Å². The lowest BCUT2D eigenvalue weighted by Crippen LogP contribution is -2.61. The molecule has 0 fully saturated rings. The number of anilines is 3. The molecule has 0 N–H and O–H groups in total. The molecule has 7 aromatic rings. The first-order chi connectivity index (χ1) is 25.2. The fourth-order valence-corrected chi connectivity index (χ4v) is 11.1. The second-order valence-electron chi connectivity index (χ2n) is 19.6. The second-order valence-corrected chi connectivity index (χ2v) is 19.6. The van der Waals surface area contributed by atoms with Crippen LogP contribution in [0.15, 0.2) is 89.3 Å². The van der Waals surface area contributed by atoms with Gasteiger partial charge in [-0.05, 0) is 135 Å². The van der Waals surface area contributed by atoms with Crippen molar-refractivity contribution in [3.63, 3.8) is 0 Å². The summed E-state index contributed by atoms with van der Waals surface area (Å²) in [5, 5.41) is 3.68. The molecule has 4 aliphatic rings. The summed E-state index contributed by atoms with van der Waals surface area (Å²) in [6.45, 7) is 22.0. The predicted molar refractivity (Wildman–Crippen MR) is 225 cm³/mol. The van der Waals surface area contributed by atoms with Crippen LogP contribution in [0.2, 0.25) is 0 Å². The van der Waals surface area contributed by atoms with Crippen molar-refractivity contribution >= 4 is 73.1 Å². The fourth-order valence-electron chi connectivity index (χ4n) is 11.1. The molecule has 0 spiro atoms. The molecule has 0 atom stereocenters. The Hall–Kier alpha value is -4.70. The molecule has 264 valence electrons. The van der Waals surface area contributed by atoms with E-state index in [-0.39, 0.29) is 28.4 Å². The quantitative estimate of drug-likeness (QED) is 0.160. The molecule has 3 nitrogen and oxygen atoms in total. The van der Waals surface area contributed by atoms with Gasteiger partial charge in [0.1, 0.15) is 5.58 Å². The van der Waals surface area contributed by atoms with E-state index in [1.54, 1.807) is 0 Å². The first-order valence-electron chi connectivity index (χ1n) is 19.9. The van der Waals surface area contributed by atoms with E-state index in [0.29, 0.717) is 0 Å². The Kier molecular flexibility index (Phi) is 5.93. The zero-order chi connectivity index (χ0) is 36.6. The summed E-state index contributed by atoms with van der Waals surface area (Å²) in [5.74, 6) is 0. The van der Waals surface area contributed by atoms with Gasteiger partial charge in [-0.15, -0.1) is 0 Å². The van der Waals surface area contributed by atoms with Gasteiger partial charge in [0.2, 0.25) is 5.71 Å². The van der Waals surface area contributed by atoms with E-state index in [9.17, 15) is 0 Å². The van der Waals surface area contributed by atoms with Gasteiger partial charge in [0.15, 0.2) is 0 Å². The van der Waals surface area contributed by atoms with Gasteiger partial charge in [0.05, 0.1) is 10.9 Å². The largest absolute Gasteiger partial charge is 0.439 e. The molecular formula is C49H49BN2O. The van der Waals surface area contributed by atoms with Crippen LogP contribution in [0.4, 0.5) is 17.1 Å². The first kappa shape index (κ1) is 31.8. The minimum Gasteiger partial charge on any atom is -0.439 e. The topological polar surface area (TPSA) is 21.3 Å². The van der Waals surface area contributed by atoms with E-state index in [1.165, 1.54) is 114 Å². The molecule has 0 saturated heterocycles. The molecule has 0 saturated carbocycles. The Balaban J connectivity index is 1.29. The summed E-state index contributed by atoms with van der Waals surface area (Å²) in [7, 11) is 0. The summed E-state index contributed by atoms with van der Waals surface area (Å²) in [6, 6.07) is 33.2. The standard InChI is InChI=1S/C49H49BN2O/c1-28-23-39-43-40(24-28)52-44-31(42-30-13-10-11-16-41(30)53-45(42)52)14-12-15-36(44)50(43)37-26-34-35(49(8,9)22-21-48(34,6)7)27-38(37)51(39)29-17-18-32-33(25-29)47(4,5)20-19-46(32,2)3/h10-18,23-27H,19-22H2,1-9H3. The molecule has 4 heteroatoms. The lowest BCUT2D eigenvalue weighted by molar-refractivity contribution is 0.332. The molecular weight excluding hydrogens is 643 g/mol. The maximum atomic E-state index is 6.83. The summed E-state index contributed by atoms with van der Waals surface area (Å²) >= 11 is 0. The number of nitrogens with zero attached hydrogens (tertiary/aromatic N) is 2. The average molecular weight is 693 g/mol. The van der Waals surface area contributed by atoms with Crippen molar-refractivity contribution in [1.82, 2.24) is 4.57 Å². The zero-order valence-corrected chi connectivity index (χ0v) is 32.8. The lowest BCUT2D eigenvalue weighted by atomic mass is 9.33. The van der Waals surface area contributed by atoms with Crippen LogP contribution >= 0.6 is 0 Å². The van der Waals surface area contributed by atoms with Crippen LogP contribution in [0, 0.1) is 6.92 Å². The normalized spacial score (nSPS) is 19.6. The molecule has 0 bridgehead atoms. The fraction of sp³-hybridized carbons (Fsp3) is 0.347. The number of furan rings is 1. The Bertz CT molecular complexity index is 2770. The number of aromatic nitrogens is 1. The van der Waals surface area contributed by atoms with Gasteiger partial charge in [-0.1, -0.05) is 104 Å². The van der Waals surface area contributed by atoms with Crippen LogP contribution in [0.3, 0.4) is 0 Å². The third-order valence-electron chi connectivity index (χ3n) is 14.3. The highest BCUT2D eigenvalue weighted by Gasteiger charge is 2.46. The summed E-state index contributed by atoms with van der Waals surface area (Å²) in [6.07, 6.45) is 4.79. The van der Waals surface area contributed by atoms with Gasteiger partial charge < -0.3 is 9.32 Å². The molecule has 0 unspecified atom stereocenters. The van der Waals surface area contributed by atoms with Crippen LogP contribution < -0.4 is 21.3 Å².